The van der Waals surface area contributed by atoms with E-state index in [0.717, 1.165) is 22.4 Å². The zero-order valence-corrected chi connectivity index (χ0v) is 14.1. The molecule has 4 nitrogen and oxygen atoms in total. The predicted molar refractivity (Wildman–Crippen MR) is 87.6 cm³/mol. The first-order valence-electron chi connectivity index (χ1n) is 7.07. The van der Waals surface area contributed by atoms with Gasteiger partial charge in [-0.05, 0) is 55.7 Å². The van der Waals surface area contributed by atoms with E-state index < -0.39 is 10.0 Å². The molecule has 0 fully saturated rings. The lowest BCUT2D eigenvalue weighted by molar-refractivity contribution is 0.414. The largest absolute Gasteiger partial charge is 0.497 e. The van der Waals surface area contributed by atoms with Gasteiger partial charge in [-0.3, -0.25) is 0 Å². The Kier molecular flexibility index (Phi) is 4.88. The van der Waals surface area contributed by atoms with Crippen molar-refractivity contribution in [3.8, 4) is 5.75 Å². The highest BCUT2D eigenvalue weighted by atomic mass is 32.2. The van der Waals surface area contributed by atoms with Crippen molar-refractivity contribution >= 4 is 10.0 Å². The van der Waals surface area contributed by atoms with Crippen LogP contribution in [0.3, 0.4) is 0 Å². The Morgan fingerprint density at radius 2 is 1.68 bits per heavy atom. The standard InChI is InChI=1S/C17H21NO3S/c1-12-5-6-13(2)17(11-12)22(19,20)18-14(3)15-7-9-16(21-4)10-8-15/h5-11,14,18H,1-4H3. The van der Waals surface area contributed by atoms with Crippen LogP contribution in [0.15, 0.2) is 47.4 Å². The summed E-state index contributed by atoms with van der Waals surface area (Å²) in [5, 5.41) is 0. The fraction of sp³-hybridized carbons (Fsp3) is 0.294. The number of aryl methyl sites for hydroxylation is 2. The minimum absolute atomic E-state index is 0.323. The first kappa shape index (κ1) is 16.5. The number of hydrogen-bond acceptors (Lipinski definition) is 3. The number of hydrogen-bond donors (Lipinski definition) is 1. The maximum absolute atomic E-state index is 12.6. The molecule has 0 saturated heterocycles. The Labute approximate surface area is 132 Å². The van der Waals surface area contributed by atoms with Crippen molar-refractivity contribution in [1.29, 1.82) is 0 Å². The van der Waals surface area contributed by atoms with Gasteiger partial charge in [0.2, 0.25) is 10.0 Å². The van der Waals surface area contributed by atoms with Gasteiger partial charge < -0.3 is 4.74 Å². The second-order valence-corrected chi connectivity index (χ2v) is 7.07. The number of sulfonamides is 1. The topological polar surface area (TPSA) is 55.4 Å². The Morgan fingerprint density at radius 1 is 1.05 bits per heavy atom. The molecule has 2 rings (SSSR count). The van der Waals surface area contributed by atoms with Crippen molar-refractivity contribution < 1.29 is 13.2 Å². The summed E-state index contributed by atoms with van der Waals surface area (Å²) in [7, 11) is -1.96. The van der Waals surface area contributed by atoms with Gasteiger partial charge >= 0.3 is 0 Å². The summed E-state index contributed by atoms with van der Waals surface area (Å²) in [6.45, 7) is 5.50. The second kappa shape index (κ2) is 6.50. The van der Waals surface area contributed by atoms with E-state index in [-0.39, 0.29) is 6.04 Å². The van der Waals surface area contributed by atoms with Gasteiger partial charge in [-0.25, -0.2) is 13.1 Å². The molecular formula is C17H21NO3S. The van der Waals surface area contributed by atoms with Crippen molar-refractivity contribution in [2.24, 2.45) is 0 Å². The number of benzene rings is 2. The van der Waals surface area contributed by atoms with E-state index in [2.05, 4.69) is 4.72 Å². The van der Waals surface area contributed by atoms with Crippen LogP contribution in [0.2, 0.25) is 0 Å². The van der Waals surface area contributed by atoms with E-state index in [1.165, 1.54) is 0 Å². The van der Waals surface area contributed by atoms with Crippen LogP contribution in [0.25, 0.3) is 0 Å². The first-order valence-corrected chi connectivity index (χ1v) is 8.55. The van der Waals surface area contributed by atoms with Crippen molar-refractivity contribution in [1.82, 2.24) is 4.72 Å². The van der Waals surface area contributed by atoms with Crippen LogP contribution in [0.5, 0.6) is 5.75 Å². The van der Waals surface area contributed by atoms with Crippen LogP contribution < -0.4 is 9.46 Å². The van der Waals surface area contributed by atoms with Crippen molar-refractivity contribution in [2.45, 2.75) is 31.7 Å². The Hall–Kier alpha value is -1.85. The Balaban J connectivity index is 2.25. The SMILES string of the molecule is COc1ccc(C(C)NS(=O)(=O)c2cc(C)ccc2C)cc1. The molecule has 2 aromatic carbocycles. The fourth-order valence-corrected chi connectivity index (χ4v) is 3.82. The molecule has 118 valence electrons. The third-order valence-electron chi connectivity index (χ3n) is 3.58. The van der Waals surface area contributed by atoms with E-state index >= 15 is 0 Å². The first-order chi connectivity index (χ1) is 10.3. The third-order valence-corrected chi connectivity index (χ3v) is 5.26. The summed E-state index contributed by atoms with van der Waals surface area (Å²) >= 11 is 0. The number of methoxy groups -OCH3 is 1. The molecule has 0 aliphatic rings. The molecule has 0 aromatic heterocycles. The number of ether oxygens (including phenoxy) is 1. The monoisotopic (exact) mass is 319 g/mol. The Bertz CT molecular complexity index is 752. The lowest BCUT2D eigenvalue weighted by Gasteiger charge is -2.16. The van der Waals surface area contributed by atoms with Gasteiger partial charge in [-0.1, -0.05) is 24.3 Å². The molecule has 0 aliphatic carbocycles. The lowest BCUT2D eigenvalue weighted by Crippen LogP contribution is -2.27. The van der Waals surface area contributed by atoms with Gasteiger partial charge in [0.15, 0.2) is 0 Å². The number of rotatable bonds is 5. The second-order valence-electron chi connectivity index (χ2n) is 5.39. The van der Waals surface area contributed by atoms with Gasteiger partial charge in [-0.15, -0.1) is 0 Å². The van der Waals surface area contributed by atoms with Crippen LogP contribution in [0.4, 0.5) is 0 Å². The van der Waals surface area contributed by atoms with Crippen molar-refractivity contribution in [2.75, 3.05) is 7.11 Å². The van der Waals surface area contributed by atoms with Crippen LogP contribution in [0.1, 0.15) is 29.7 Å². The minimum atomic E-state index is -3.56. The normalized spacial score (nSPS) is 12.9. The third kappa shape index (κ3) is 3.67. The van der Waals surface area contributed by atoms with Crippen LogP contribution in [0, 0.1) is 13.8 Å². The lowest BCUT2D eigenvalue weighted by atomic mass is 10.1. The summed E-state index contributed by atoms with van der Waals surface area (Å²) in [6, 6.07) is 12.4. The van der Waals surface area contributed by atoms with E-state index in [9.17, 15) is 8.42 Å². The van der Waals surface area contributed by atoms with Gasteiger partial charge in [0, 0.05) is 6.04 Å². The van der Waals surface area contributed by atoms with Gasteiger partial charge in [0.25, 0.3) is 0 Å². The quantitative estimate of drug-likeness (QED) is 0.919. The zero-order chi connectivity index (χ0) is 16.3. The summed E-state index contributed by atoms with van der Waals surface area (Å²) in [5.41, 5.74) is 2.54. The van der Waals surface area contributed by atoms with Crippen molar-refractivity contribution in [3.63, 3.8) is 0 Å². The van der Waals surface area contributed by atoms with E-state index in [1.807, 2.05) is 50.2 Å². The fourth-order valence-electron chi connectivity index (χ4n) is 2.25. The molecule has 1 atom stereocenters. The molecule has 0 aliphatic heterocycles. The summed E-state index contributed by atoms with van der Waals surface area (Å²) in [6.07, 6.45) is 0. The van der Waals surface area contributed by atoms with Crippen LogP contribution in [-0.4, -0.2) is 15.5 Å². The molecule has 22 heavy (non-hydrogen) atoms. The molecule has 0 amide bonds. The van der Waals surface area contributed by atoms with E-state index in [0.29, 0.717) is 4.90 Å². The molecule has 1 unspecified atom stereocenters. The zero-order valence-electron chi connectivity index (χ0n) is 13.3. The van der Waals surface area contributed by atoms with Gasteiger partial charge in [0.05, 0.1) is 12.0 Å². The summed E-state index contributed by atoms with van der Waals surface area (Å²) in [4.78, 5) is 0.327. The molecule has 1 N–H and O–H groups in total. The van der Waals surface area contributed by atoms with Gasteiger partial charge in [-0.2, -0.15) is 0 Å². The maximum Gasteiger partial charge on any atom is 0.241 e. The molecule has 0 radical (unpaired) electrons. The van der Waals surface area contributed by atoms with Crippen molar-refractivity contribution in [3.05, 3.63) is 59.2 Å². The molecule has 0 bridgehead atoms. The number of nitrogens with one attached hydrogen (secondary N) is 1. The highest BCUT2D eigenvalue weighted by Gasteiger charge is 2.20. The van der Waals surface area contributed by atoms with E-state index in [1.54, 1.807) is 20.1 Å². The smallest absolute Gasteiger partial charge is 0.241 e. The molecule has 2 aromatic rings. The van der Waals surface area contributed by atoms with Crippen LogP contribution in [-0.2, 0) is 10.0 Å². The summed E-state index contributed by atoms with van der Waals surface area (Å²) < 4.78 is 33.0. The average Bonchev–Trinajstić information content (AvgIpc) is 2.49. The molecule has 0 heterocycles. The highest BCUT2D eigenvalue weighted by Crippen LogP contribution is 2.22. The molecule has 0 saturated carbocycles. The van der Waals surface area contributed by atoms with E-state index in [4.69, 9.17) is 4.74 Å². The molecule has 5 heteroatoms. The van der Waals surface area contributed by atoms with Gasteiger partial charge in [0.1, 0.15) is 5.75 Å². The minimum Gasteiger partial charge on any atom is -0.497 e. The molecule has 0 spiro atoms. The summed E-state index contributed by atoms with van der Waals surface area (Å²) in [5.74, 6) is 0.744. The Morgan fingerprint density at radius 3 is 2.27 bits per heavy atom. The highest BCUT2D eigenvalue weighted by molar-refractivity contribution is 7.89. The molecular weight excluding hydrogens is 298 g/mol. The predicted octanol–water partition coefficient (Wildman–Crippen LogP) is 3.35. The average molecular weight is 319 g/mol. The van der Waals surface area contributed by atoms with Crippen LogP contribution >= 0.6 is 0 Å². The maximum atomic E-state index is 12.6.